The summed E-state index contributed by atoms with van der Waals surface area (Å²) >= 11 is 0. The average molecular weight is 155 g/mol. The van der Waals surface area contributed by atoms with Crippen molar-refractivity contribution in [1.82, 2.24) is 0 Å². The first-order valence-corrected chi connectivity index (χ1v) is 4.85. The van der Waals surface area contributed by atoms with Crippen LogP contribution >= 0.6 is 0 Å². The number of nitrogens with two attached hydrogens (primary N) is 1. The molecule has 0 amide bonds. The van der Waals surface area contributed by atoms with Crippen molar-refractivity contribution in [1.29, 1.82) is 0 Å². The normalized spacial score (nSPS) is 39.5. The molecule has 0 aliphatic heterocycles. The summed E-state index contributed by atoms with van der Waals surface area (Å²) in [7, 11) is 0. The van der Waals surface area contributed by atoms with Gasteiger partial charge in [-0.1, -0.05) is 20.8 Å². The maximum absolute atomic E-state index is 5.95. The molecule has 0 unspecified atom stereocenters. The van der Waals surface area contributed by atoms with E-state index in [-0.39, 0.29) is 0 Å². The van der Waals surface area contributed by atoms with Crippen molar-refractivity contribution >= 4 is 0 Å². The summed E-state index contributed by atoms with van der Waals surface area (Å²) in [4.78, 5) is 0. The molecule has 1 nitrogen and oxygen atoms in total. The van der Waals surface area contributed by atoms with Crippen LogP contribution in [0.15, 0.2) is 0 Å². The molecule has 0 aromatic heterocycles. The molecule has 3 atom stereocenters. The topological polar surface area (TPSA) is 26.0 Å². The van der Waals surface area contributed by atoms with E-state index in [2.05, 4.69) is 20.8 Å². The van der Waals surface area contributed by atoms with Crippen LogP contribution in [0.3, 0.4) is 0 Å². The second kappa shape index (κ2) is 3.57. The number of hydrogen-bond acceptors (Lipinski definition) is 1. The maximum Gasteiger partial charge on any atom is 0.00441 e. The van der Waals surface area contributed by atoms with Gasteiger partial charge >= 0.3 is 0 Å². The summed E-state index contributed by atoms with van der Waals surface area (Å²) in [6.07, 6.45) is 3.89. The second-order valence-corrected chi connectivity index (χ2v) is 4.58. The van der Waals surface area contributed by atoms with Gasteiger partial charge in [0.15, 0.2) is 0 Å². The van der Waals surface area contributed by atoms with Crippen LogP contribution in [-0.2, 0) is 0 Å². The zero-order chi connectivity index (χ0) is 8.43. The lowest BCUT2D eigenvalue weighted by molar-refractivity contribution is 0.204. The van der Waals surface area contributed by atoms with Crippen LogP contribution in [0, 0.1) is 17.8 Å². The second-order valence-electron chi connectivity index (χ2n) is 4.58. The van der Waals surface area contributed by atoms with Gasteiger partial charge in [0.1, 0.15) is 0 Å². The minimum atomic E-state index is 0.478. The summed E-state index contributed by atoms with van der Waals surface area (Å²) in [6.45, 7) is 6.96. The van der Waals surface area contributed by atoms with Gasteiger partial charge in [0.05, 0.1) is 0 Å². The Bertz CT molecular complexity index is 110. The van der Waals surface area contributed by atoms with Gasteiger partial charge in [-0.15, -0.1) is 0 Å². The Balaban J connectivity index is 2.43. The first-order chi connectivity index (χ1) is 5.09. The highest BCUT2D eigenvalue weighted by Crippen LogP contribution is 2.32. The van der Waals surface area contributed by atoms with Crippen LogP contribution in [0.2, 0.25) is 0 Å². The maximum atomic E-state index is 5.95. The van der Waals surface area contributed by atoms with Crippen molar-refractivity contribution in [2.45, 2.75) is 46.1 Å². The third kappa shape index (κ3) is 2.48. The molecule has 1 fully saturated rings. The van der Waals surface area contributed by atoms with Crippen LogP contribution in [-0.4, -0.2) is 6.04 Å². The monoisotopic (exact) mass is 155 g/mol. The Hall–Kier alpha value is -0.0400. The number of hydrogen-bond donors (Lipinski definition) is 1. The van der Waals surface area contributed by atoms with Gasteiger partial charge in [-0.3, -0.25) is 0 Å². The molecule has 1 heteroatoms. The fourth-order valence-electron chi connectivity index (χ4n) is 2.26. The van der Waals surface area contributed by atoms with Crippen LogP contribution in [0.5, 0.6) is 0 Å². The summed E-state index contributed by atoms with van der Waals surface area (Å²) < 4.78 is 0. The molecule has 1 saturated carbocycles. The van der Waals surface area contributed by atoms with E-state index in [1.165, 1.54) is 19.3 Å². The lowest BCUT2D eigenvalue weighted by Gasteiger charge is -2.33. The molecule has 0 aromatic carbocycles. The summed E-state index contributed by atoms with van der Waals surface area (Å²) in [5.41, 5.74) is 5.95. The molecule has 0 heterocycles. The fraction of sp³-hybridized carbons (Fsp3) is 1.00. The zero-order valence-electron chi connectivity index (χ0n) is 8.01. The molecule has 1 aliphatic rings. The fourth-order valence-corrected chi connectivity index (χ4v) is 2.26. The lowest BCUT2D eigenvalue weighted by atomic mass is 9.75. The molecule has 2 N–H and O–H groups in total. The Labute approximate surface area is 70.4 Å². The Morgan fingerprint density at radius 1 is 1.18 bits per heavy atom. The molecular weight excluding hydrogens is 134 g/mol. The summed E-state index contributed by atoms with van der Waals surface area (Å²) in [5.74, 6) is 2.56. The first kappa shape index (κ1) is 9.05. The van der Waals surface area contributed by atoms with E-state index in [4.69, 9.17) is 5.73 Å². The smallest absolute Gasteiger partial charge is 0.00441 e. The SMILES string of the molecule is CC(C)[C@H]1C[C@@H](C)C[C@H](N)C1. The van der Waals surface area contributed by atoms with Gasteiger partial charge in [-0.25, -0.2) is 0 Å². The minimum Gasteiger partial charge on any atom is -0.328 e. The Kier molecular flexibility index (Phi) is 2.94. The molecular formula is C10H21N. The van der Waals surface area contributed by atoms with Gasteiger partial charge in [0, 0.05) is 6.04 Å². The van der Waals surface area contributed by atoms with E-state index in [9.17, 15) is 0 Å². The van der Waals surface area contributed by atoms with Gasteiger partial charge < -0.3 is 5.73 Å². The average Bonchev–Trinajstić information content (AvgIpc) is 1.85. The third-order valence-corrected chi connectivity index (χ3v) is 2.96. The van der Waals surface area contributed by atoms with E-state index >= 15 is 0 Å². The van der Waals surface area contributed by atoms with E-state index < -0.39 is 0 Å². The van der Waals surface area contributed by atoms with Crippen molar-refractivity contribution in [3.8, 4) is 0 Å². The molecule has 0 bridgehead atoms. The molecule has 0 aromatic rings. The minimum absolute atomic E-state index is 0.478. The van der Waals surface area contributed by atoms with E-state index in [1.807, 2.05) is 0 Å². The zero-order valence-corrected chi connectivity index (χ0v) is 8.01. The summed E-state index contributed by atoms with van der Waals surface area (Å²) in [6, 6.07) is 0.478. The van der Waals surface area contributed by atoms with E-state index in [1.54, 1.807) is 0 Å². The van der Waals surface area contributed by atoms with Crippen molar-refractivity contribution in [3.05, 3.63) is 0 Å². The summed E-state index contributed by atoms with van der Waals surface area (Å²) in [5, 5.41) is 0. The highest BCUT2D eigenvalue weighted by atomic mass is 14.6. The van der Waals surface area contributed by atoms with Crippen LogP contribution in [0.25, 0.3) is 0 Å². The molecule has 0 saturated heterocycles. The highest BCUT2D eigenvalue weighted by molar-refractivity contribution is 4.80. The van der Waals surface area contributed by atoms with Crippen LogP contribution in [0.4, 0.5) is 0 Å². The Morgan fingerprint density at radius 2 is 1.82 bits per heavy atom. The molecule has 1 rings (SSSR count). The molecule has 1 aliphatic carbocycles. The van der Waals surface area contributed by atoms with Crippen molar-refractivity contribution in [3.63, 3.8) is 0 Å². The van der Waals surface area contributed by atoms with Gasteiger partial charge in [0.25, 0.3) is 0 Å². The van der Waals surface area contributed by atoms with Gasteiger partial charge in [0.2, 0.25) is 0 Å². The van der Waals surface area contributed by atoms with E-state index in [0.29, 0.717) is 6.04 Å². The van der Waals surface area contributed by atoms with Crippen LogP contribution < -0.4 is 5.73 Å². The van der Waals surface area contributed by atoms with E-state index in [0.717, 1.165) is 17.8 Å². The van der Waals surface area contributed by atoms with Crippen molar-refractivity contribution in [2.24, 2.45) is 23.5 Å². The Morgan fingerprint density at radius 3 is 2.27 bits per heavy atom. The molecule has 66 valence electrons. The predicted molar refractivity (Wildman–Crippen MR) is 49.3 cm³/mol. The van der Waals surface area contributed by atoms with Crippen molar-refractivity contribution in [2.75, 3.05) is 0 Å². The molecule has 11 heavy (non-hydrogen) atoms. The van der Waals surface area contributed by atoms with Crippen LogP contribution in [0.1, 0.15) is 40.0 Å². The highest BCUT2D eigenvalue weighted by Gasteiger charge is 2.25. The predicted octanol–water partition coefficient (Wildman–Crippen LogP) is 2.41. The quantitative estimate of drug-likeness (QED) is 0.618. The standard InChI is InChI=1S/C10H21N/c1-7(2)9-4-8(3)5-10(11)6-9/h7-10H,4-6,11H2,1-3H3/t8-,9+,10+/m1/s1. The first-order valence-electron chi connectivity index (χ1n) is 4.85. The number of rotatable bonds is 1. The molecule has 0 radical (unpaired) electrons. The third-order valence-electron chi connectivity index (χ3n) is 2.96. The van der Waals surface area contributed by atoms with Gasteiger partial charge in [-0.2, -0.15) is 0 Å². The molecule has 0 spiro atoms. The lowest BCUT2D eigenvalue weighted by Crippen LogP contribution is -2.33. The van der Waals surface area contributed by atoms with Crippen molar-refractivity contribution < 1.29 is 0 Å². The van der Waals surface area contributed by atoms with Gasteiger partial charge in [-0.05, 0) is 37.0 Å². The largest absolute Gasteiger partial charge is 0.328 e.